The highest BCUT2D eigenvalue weighted by atomic mass is 14.6. The van der Waals surface area contributed by atoms with E-state index in [9.17, 15) is 0 Å². The third-order valence-electron chi connectivity index (χ3n) is 32.3. The molecule has 0 heteroatoms. The van der Waals surface area contributed by atoms with Gasteiger partial charge in [-0.05, 0) is 308 Å². The monoisotopic (exact) mass is 1200 g/mol. The van der Waals surface area contributed by atoms with Gasteiger partial charge in [0, 0.05) is 0 Å². The third kappa shape index (κ3) is 18.5. The molecule has 0 N–H and O–H groups in total. The van der Waals surface area contributed by atoms with Crippen LogP contribution in [0, 0.1) is 154 Å². The number of rotatable bonds is 4. The summed E-state index contributed by atoms with van der Waals surface area (Å²) >= 11 is 0. The molecule has 8 bridgehead atoms. The molecule has 86 heavy (non-hydrogen) atoms. The van der Waals surface area contributed by atoms with E-state index in [1.807, 2.05) is 0 Å². The van der Waals surface area contributed by atoms with E-state index in [2.05, 4.69) is 208 Å². The van der Waals surface area contributed by atoms with Crippen molar-refractivity contribution in [1.29, 1.82) is 0 Å². The fourth-order valence-corrected chi connectivity index (χ4v) is 24.2. The summed E-state index contributed by atoms with van der Waals surface area (Å²) in [6, 6.07) is 0. The molecule has 16 saturated carbocycles. The van der Waals surface area contributed by atoms with Gasteiger partial charge in [0.15, 0.2) is 0 Å². The summed E-state index contributed by atoms with van der Waals surface area (Å²) in [7, 11) is 0. The SMILES string of the molecule is CC(C)C1C(C)(C)CCC1(C)C.CC1C2CCC(CC2)[C@H]1C.CCC1(C)CC(C)(C)C(C)(C)C1.CCC1C(C)(C)CCC1(C)C.CCC1CC(C)(C)C(C)(C)C1.C[C@@H]1C2CCC(CC2)C1(C)C.C[C@H]1CC2CCC1(C)CC2.C[C@H]1CC2CCC1CC2. The van der Waals surface area contributed by atoms with Crippen LogP contribution in [-0.2, 0) is 0 Å². The molecule has 508 valence electrons. The van der Waals surface area contributed by atoms with Crippen molar-refractivity contribution in [3.8, 4) is 0 Å². The van der Waals surface area contributed by atoms with E-state index >= 15 is 0 Å². The number of fused-ring (bicyclic) bond motifs is 12. The summed E-state index contributed by atoms with van der Waals surface area (Å²) in [5, 5.41) is 0. The Kier molecular flexibility index (Phi) is 26.2. The first-order chi connectivity index (χ1) is 39.3. The lowest BCUT2D eigenvalue weighted by Gasteiger charge is -2.53. The average Bonchev–Trinajstić information content (AvgIpc) is 1.50. The minimum atomic E-state index is 0.526. The quantitative estimate of drug-likeness (QED) is 0.263. The summed E-state index contributed by atoms with van der Waals surface area (Å²) in [6.07, 6.45) is 42.9. The zero-order valence-corrected chi connectivity index (χ0v) is 65.2. The Hall–Kier alpha value is 0. The lowest BCUT2D eigenvalue weighted by Crippen LogP contribution is -2.44. The zero-order chi connectivity index (χ0) is 65.2. The molecule has 1 unspecified atom stereocenters. The maximum Gasteiger partial charge on any atom is -0.0288 e. The van der Waals surface area contributed by atoms with Gasteiger partial charge in [-0.15, -0.1) is 0 Å². The second kappa shape index (κ2) is 29.3. The highest BCUT2D eigenvalue weighted by Crippen LogP contribution is 2.62. The molecule has 0 radical (unpaired) electrons. The lowest BCUT2D eigenvalue weighted by molar-refractivity contribution is -0.0319. The minimum Gasteiger partial charge on any atom is -0.0651 e. The molecule has 0 spiro atoms. The fraction of sp³-hybridized carbons (Fsp3) is 1.00. The Labute approximate surface area is 545 Å². The van der Waals surface area contributed by atoms with E-state index in [0.717, 1.165) is 100 Å². The standard InChI is InChI=1S/2C12H24.C11H20.2C11H22.2C10H18.C9H16/c1-9(2)10-11(3,4)7-8-12(10,5)6;1-7-12(6)8-10(2,3)11(4,5)9-12;1-8-9-4-6-10(7-5-9)11(8,2)3;1-6-9-7-10(2,3)11(4,5)8-9;1-6-9-10(2,3)7-8-11(9,4)5;1-8-7-9-3-5-10(8,2)6-4-9;1-7-8(2)10-5-3-9(7)4-6-10;1-7-6-8-2-4-9(7)5-3-8/h9-10H,7-8H2,1-6H3;7-9H2,1-6H3;8-10H,4-7H2,1-3H3;2*9H,6-8H2,1-5H3;8-9H,3-7H2,1-2H3;7-10H,3-6H2,1-2H3;7-9H,2-6H2,1H3/t;;8-,9?,10?;;;8-,9?,10?;7-,8?,9?,10?;7-,8?,9?/m..1..000/s1. The van der Waals surface area contributed by atoms with Crippen LogP contribution in [0.3, 0.4) is 0 Å². The number of hydrogen-bond donors (Lipinski definition) is 0. The normalized spacial score (nSPS) is 39.4. The van der Waals surface area contributed by atoms with Crippen LogP contribution in [-0.4, -0.2) is 0 Å². The molecule has 0 saturated heterocycles. The Morgan fingerprint density at radius 2 is 0.767 bits per heavy atom. The van der Waals surface area contributed by atoms with Crippen LogP contribution < -0.4 is 0 Å². The first-order valence-corrected chi connectivity index (χ1v) is 39.3. The first kappa shape index (κ1) is 76.7. The van der Waals surface area contributed by atoms with Crippen LogP contribution in [0.1, 0.15) is 394 Å². The predicted octanol–water partition coefficient (Wildman–Crippen LogP) is 28.7. The van der Waals surface area contributed by atoms with Gasteiger partial charge < -0.3 is 0 Å². The summed E-state index contributed by atoms with van der Waals surface area (Å²) < 4.78 is 0. The van der Waals surface area contributed by atoms with Crippen LogP contribution in [0.5, 0.6) is 0 Å². The predicted molar refractivity (Wildman–Crippen MR) is 387 cm³/mol. The van der Waals surface area contributed by atoms with Gasteiger partial charge >= 0.3 is 0 Å². The van der Waals surface area contributed by atoms with Gasteiger partial charge in [-0.3, -0.25) is 0 Å². The van der Waals surface area contributed by atoms with E-state index in [-0.39, 0.29) is 0 Å². The molecule has 5 atom stereocenters. The number of hydrogen-bond acceptors (Lipinski definition) is 0. The fourth-order valence-electron chi connectivity index (χ4n) is 24.2. The molecular weight excluding hydrogens is 1030 g/mol. The van der Waals surface area contributed by atoms with E-state index in [0.29, 0.717) is 54.1 Å². The van der Waals surface area contributed by atoms with Gasteiger partial charge in [0.2, 0.25) is 0 Å². The lowest BCUT2D eigenvalue weighted by atomic mass is 9.52. The molecule has 16 aliphatic carbocycles. The van der Waals surface area contributed by atoms with Crippen molar-refractivity contribution in [2.24, 2.45) is 154 Å². The van der Waals surface area contributed by atoms with Crippen LogP contribution in [0.4, 0.5) is 0 Å². The maximum absolute atomic E-state index is 2.49. The summed E-state index contributed by atoms with van der Waals surface area (Å²) in [5.74, 6) is 16.4. The van der Waals surface area contributed by atoms with E-state index in [1.165, 1.54) is 154 Å². The van der Waals surface area contributed by atoms with Crippen molar-refractivity contribution < 1.29 is 0 Å². The third-order valence-corrected chi connectivity index (χ3v) is 32.3. The molecule has 0 amide bonds. The van der Waals surface area contributed by atoms with Crippen molar-refractivity contribution in [1.82, 2.24) is 0 Å². The molecule has 0 aliphatic heterocycles. The van der Waals surface area contributed by atoms with Gasteiger partial charge in [-0.2, -0.15) is 0 Å². The average molecular weight is 1200 g/mol. The topological polar surface area (TPSA) is 0 Å². The smallest absolute Gasteiger partial charge is 0.0288 e. The second-order valence-electron chi connectivity index (χ2n) is 41.7. The highest BCUT2D eigenvalue weighted by Gasteiger charge is 2.52. The van der Waals surface area contributed by atoms with Gasteiger partial charge in [0.1, 0.15) is 0 Å². The Balaban J connectivity index is 0.000000180. The summed E-state index contributed by atoms with van der Waals surface area (Å²) in [5.41, 5.74) is 6.51. The van der Waals surface area contributed by atoms with Crippen molar-refractivity contribution in [2.45, 2.75) is 394 Å². The van der Waals surface area contributed by atoms with Gasteiger partial charge in [0.25, 0.3) is 0 Å². The first-order valence-electron chi connectivity index (χ1n) is 39.3. The largest absolute Gasteiger partial charge is 0.0651 e. The van der Waals surface area contributed by atoms with Crippen molar-refractivity contribution >= 4 is 0 Å². The van der Waals surface area contributed by atoms with Crippen molar-refractivity contribution in [3.05, 3.63) is 0 Å². The summed E-state index contributed by atoms with van der Waals surface area (Å²) in [4.78, 5) is 0. The van der Waals surface area contributed by atoms with Crippen LogP contribution in [0.25, 0.3) is 0 Å². The van der Waals surface area contributed by atoms with Gasteiger partial charge in [-0.25, -0.2) is 0 Å². The maximum atomic E-state index is 2.49. The highest BCUT2D eigenvalue weighted by molar-refractivity contribution is 5.02. The van der Waals surface area contributed by atoms with Crippen molar-refractivity contribution in [3.63, 3.8) is 0 Å². The van der Waals surface area contributed by atoms with E-state index in [4.69, 9.17) is 0 Å². The second-order valence-corrected chi connectivity index (χ2v) is 41.7. The Morgan fingerprint density at radius 3 is 0.977 bits per heavy atom. The van der Waals surface area contributed by atoms with Crippen molar-refractivity contribution in [2.75, 3.05) is 0 Å². The Morgan fingerprint density at radius 1 is 0.384 bits per heavy atom. The van der Waals surface area contributed by atoms with Gasteiger partial charge in [-0.1, -0.05) is 240 Å². The summed E-state index contributed by atoms with van der Waals surface area (Å²) in [6.45, 7) is 72.7. The molecule has 0 heterocycles. The molecule has 0 aromatic carbocycles. The van der Waals surface area contributed by atoms with E-state index in [1.54, 1.807) is 32.1 Å². The van der Waals surface area contributed by atoms with Gasteiger partial charge in [0.05, 0.1) is 0 Å². The van der Waals surface area contributed by atoms with Crippen LogP contribution in [0.15, 0.2) is 0 Å². The molecule has 0 nitrogen and oxygen atoms in total. The molecule has 0 aromatic rings. The molecular formula is C86H164. The van der Waals surface area contributed by atoms with Crippen LogP contribution in [0.2, 0.25) is 0 Å². The molecule has 16 rings (SSSR count). The molecule has 0 aromatic heterocycles. The Bertz CT molecular complexity index is 1890. The molecule has 16 fully saturated rings. The zero-order valence-electron chi connectivity index (χ0n) is 65.2. The molecule has 16 aliphatic rings. The minimum absolute atomic E-state index is 0.526. The van der Waals surface area contributed by atoms with E-state index < -0.39 is 0 Å². The van der Waals surface area contributed by atoms with Crippen LogP contribution >= 0.6 is 0 Å².